The summed E-state index contributed by atoms with van der Waals surface area (Å²) in [5.41, 5.74) is 3.34. The summed E-state index contributed by atoms with van der Waals surface area (Å²) in [6, 6.07) is 23.4. The van der Waals surface area contributed by atoms with Gasteiger partial charge in [0, 0.05) is 13.6 Å². The number of carbonyl (C=O) groups excluding carboxylic acids is 1. The summed E-state index contributed by atoms with van der Waals surface area (Å²) >= 11 is 0. The summed E-state index contributed by atoms with van der Waals surface area (Å²) in [6.07, 6.45) is 0. The van der Waals surface area contributed by atoms with E-state index in [1.165, 1.54) is 4.31 Å². The minimum Gasteiger partial charge on any atom is -0.340 e. The number of anilines is 1. The zero-order valence-corrected chi connectivity index (χ0v) is 18.3. The van der Waals surface area contributed by atoms with E-state index >= 15 is 0 Å². The first-order chi connectivity index (χ1) is 14.3. The van der Waals surface area contributed by atoms with Crippen LogP contribution < -0.4 is 4.31 Å². The summed E-state index contributed by atoms with van der Waals surface area (Å²) in [6.45, 7) is 3.93. The minimum atomic E-state index is -3.90. The Balaban J connectivity index is 1.92. The van der Waals surface area contributed by atoms with E-state index in [4.69, 9.17) is 0 Å². The predicted molar refractivity (Wildman–Crippen MR) is 120 cm³/mol. The number of rotatable bonds is 7. The first-order valence-corrected chi connectivity index (χ1v) is 11.2. The van der Waals surface area contributed by atoms with Gasteiger partial charge in [-0.2, -0.15) is 0 Å². The van der Waals surface area contributed by atoms with Crippen LogP contribution in [0.2, 0.25) is 0 Å². The molecule has 3 rings (SSSR count). The lowest BCUT2D eigenvalue weighted by molar-refractivity contribution is -0.128. The van der Waals surface area contributed by atoms with Gasteiger partial charge in [-0.1, -0.05) is 60.2 Å². The molecule has 0 heterocycles. The van der Waals surface area contributed by atoms with Gasteiger partial charge in [0.15, 0.2) is 0 Å². The summed E-state index contributed by atoms with van der Waals surface area (Å²) in [4.78, 5) is 14.7. The third-order valence-electron chi connectivity index (χ3n) is 4.87. The molecule has 5 nitrogen and oxygen atoms in total. The lowest BCUT2D eigenvalue weighted by atomic mass is 10.2. The van der Waals surface area contributed by atoms with Crippen LogP contribution in [0, 0.1) is 13.8 Å². The summed E-state index contributed by atoms with van der Waals surface area (Å²) in [7, 11) is -2.22. The molecular formula is C24H26N2O3S. The van der Waals surface area contributed by atoms with Gasteiger partial charge < -0.3 is 4.90 Å². The predicted octanol–water partition coefficient (Wildman–Crippen LogP) is 4.16. The van der Waals surface area contributed by atoms with Gasteiger partial charge >= 0.3 is 0 Å². The van der Waals surface area contributed by atoms with Gasteiger partial charge in [0.05, 0.1) is 10.6 Å². The molecule has 0 aliphatic carbocycles. The van der Waals surface area contributed by atoms with Crippen LogP contribution in [-0.2, 0) is 21.4 Å². The van der Waals surface area contributed by atoms with Gasteiger partial charge in [0.1, 0.15) is 6.54 Å². The second kappa shape index (κ2) is 9.13. The monoisotopic (exact) mass is 422 g/mol. The highest BCUT2D eigenvalue weighted by Crippen LogP contribution is 2.25. The second-order valence-corrected chi connectivity index (χ2v) is 9.26. The molecule has 1 amide bonds. The van der Waals surface area contributed by atoms with Gasteiger partial charge in [-0.15, -0.1) is 0 Å². The number of hydrogen-bond donors (Lipinski definition) is 0. The van der Waals surface area contributed by atoms with Crippen molar-refractivity contribution in [3.05, 3.63) is 95.6 Å². The van der Waals surface area contributed by atoms with Crippen molar-refractivity contribution in [1.29, 1.82) is 0 Å². The van der Waals surface area contributed by atoms with Crippen LogP contribution in [0.25, 0.3) is 0 Å². The number of amides is 1. The van der Waals surface area contributed by atoms with Crippen molar-refractivity contribution in [2.75, 3.05) is 17.9 Å². The lowest BCUT2D eigenvalue weighted by Gasteiger charge is -2.27. The number of likely N-dealkylation sites (N-methyl/N-ethyl adjacent to an activating group) is 1. The number of carbonyl (C=O) groups is 1. The Hall–Kier alpha value is -3.12. The first-order valence-electron chi connectivity index (χ1n) is 9.71. The molecule has 3 aromatic rings. The third kappa shape index (κ3) is 5.07. The Kier molecular flexibility index (Phi) is 6.57. The standard InChI is InChI=1S/C24H26N2O3S/c1-19-12-14-23(15-13-19)30(28,29)26(22-11-7-8-20(2)16-22)18-24(27)25(3)17-21-9-5-4-6-10-21/h4-16H,17-18H2,1-3H3. The van der Waals surface area contributed by atoms with E-state index in [1.807, 2.05) is 50.2 Å². The molecule has 0 radical (unpaired) electrons. The SMILES string of the molecule is Cc1ccc(S(=O)(=O)N(CC(=O)N(C)Cc2ccccc2)c2cccc(C)c2)cc1. The normalized spacial score (nSPS) is 11.2. The fraction of sp³-hybridized carbons (Fsp3) is 0.208. The Bertz CT molecular complexity index is 1110. The highest BCUT2D eigenvalue weighted by atomic mass is 32.2. The summed E-state index contributed by atoms with van der Waals surface area (Å²) in [5.74, 6) is -0.281. The topological polar surface area (TPSA) is 57.7 Å². The average Bonchev–Trinajstić information content (AvgIpc) is 2.72. The second-order valence-electron chi connectivity index (χ2n) is 7.40. The highest BCUT2D eigenvalue weighted by Gasteiger charge is 2.28. The van der Waals surface area contributed by atoms with Crippen LogP contribution in [0.1, 0.15) is 16.7 Å². The number of benzene rings is 3. The Morgan fingerprint density at radius 2 is 1.50 bits per heavy atom. The average molecular weight is 423 g/mol. The first kappa shape index (κ1) is 21.6. The quantitative estimate of drug-likeness (QED) is 0.575. The Morgan fingerprint density at radius 1 is 0.833 bits per heavy atom. The molecule has 0 N–H and O–H groups in total. The van der Waals surface area contributed by atoms with Crippen molar-refractivity contribution in [3.8, 4) is 0 Å². The maximum absolute atomic E-state index is 13.4. The molecule has 0 aliphatic heterocycles. The summed E-state index contributed by atoms with van der Waals surface area (Å²) < 4.78 is 28.0. The molecule has 0 saturated heterocycles. The molecule has 156 valence electrons. The number of aryl methyl sites for hydroxylation is 2. The van der Waals surface area contributed by atoms with Crippen LogP contribution in [0.5, 0.6) is 0 Å². The van der Waals surface area contributed by atoms with E-state index in [0.29, 0.717) is 12.2 Å². The van der Waals surface area contributed by atoms with E-state index in [0.717, 1.165) is 16.7 Å². The maximum Gasteiger partial charge on any atom is 0.264 e. The van der Waals surface area contributed by atoms with Crippen molar-refractivity contribution in [1.82, 2.24) is 4.90 Å². The van der Waals surface area contributed by atoms with E-state index in [9.17, 15) is 13.2 Å². The molecule has 0 unspecified atom stereocenters. The van der Waals surface area contributed by atoms with Crippen molar-refractivity contribution >= 4 is 21.6 Å². The molecule has 30 heavy (non-hydrogen) atoms. The molecule has 0 spiro atoms. The molecule has 0 aliphatic rings. The van der Waals surface area contributed by atoms with Crippen molar-refractivity contribution in [3.63, 3.8) is 0 Å². The zero-order valence-electron chi connectivity index (χ0n) is 17.4. The van der Waals surface area contributed by atoms with Crippen molar-refractivity contribution in [2.45, 2.75) is 25.3 Å². The molecule has 0 fully saturated rings. The fourth-order valence-corrected chi connectivity index (χ4v) is 4.53. The van der Waals surface area contributed by atoms with E-state index in [1.54, 1.807) is 54.4 Å². The van der Waals surface area contributed by atoms with Gasteiger partial charge in [-0.3, -0.25) is 9.10 Å². The Labute approximate surface area is 178 Å². The number of nitrogens with zero attached hydrogens (tertiary/aromatic N) is 2. The van der Waals surface area contributed by atoms with E-state index in [2.05, 4.69) is 0 Å². The molecular weight excluding hydrogens is 396 g/mol. The van der Waals surface area contributed by atoms with Gasteiger partial charge in [-0.05, 0) is 49.2 Å². The van der Waals surface area contributed by atoms with E-state index < -0.39 is 10.0 Å². The minimum absolute atomic E-state index is 0.160. The third-order valence-corrected chi connectivity index (χ3v) is 6.65. The number of hydrogen-bond acceptors (Lipinski definition) is 3. The lowest BCUT2D eigenvalue weighted by Crippen LogP contribution is -2.41. The Morgan fingerprint density at radius 3 is 2.13 bits per heavy atom. The van der Waals surface area contributed by atoms with Crippen molar-refractivity contribution < 1.29 is 13.2 Å². The van der Waals surface area contributed by atoms with Gasteiger partial charge in [0.2, 0.25) is 5.91 Å². The van der Waals surface area contributed by atoms with Crippen LogP contribution in [-0.4, -0.2) is 32.8 Å². The fourth-order valence-electron chi connectivity index (χ4n) is 3.12. The zero-order chi connectivity index (χ0) is 21.7. The molecule has 0 saturated carbocycles. The van der Waals surface area contributed by atoms with Gasteiger partial charge in [0.25, 0.3) is 10.0 Å². The molecule has 6 heteroatoms. The maximum atomic E-state index is 13.4. The van der Waals surface area contributed by atoms with Crippen LogP contribution in [0.4, 0.5) is 5.69 Å². The molecule has 0 atom stereocenters. The van der Waals surface area contributed by atoms with Crippen LogP contribution in [0.3, 0.4) is 0 Å². The van der Waals surface area contributed by atoms with Crippen molar-refractivity contribution in [2.24, 2.45) is 0 Å². The largest absolute Gasteiger partial charge is 0.340 e. The summed E-state index contributed by atoms with van der Waals surface area (Å²) in [5, 5.41) is 0. The molecule has 0 bridgehead atoms. The smallest absolute Gasteiger partial charge is 0.264 e. The van der Waals surface area contributed by atoms with Gasteiger partial charge in [-0.25, -0.2) is 8.42 Å². The van der Waals surface area contributed by atoms with E-state index in [-0.39, 0.29) is 17.3 Å². The number of sulfonamides is 1. The highest BCUT2D eigenvalue weighted by molar-refractivity contribution is 7.92. The molecule has 3 aromatic carbocycles. The van der Waals surface area contributed by atoms with Crippen LogP contribution in [0.15, 0.2) is 83.8 Å². The van der Waals surface area contributed by atoms with Crippen LogP contribution >= 0.6 is 0 Å². The molecule has 0 aromatic heterocycles.